The van der Waals surface area contributed by atoms with Crippen molar-refractivity contribution < 1.29 is 19.1 Å². The number of hydrogen-bond acceptors (Lipinski definition) is 5. The molecule has 0 N–H and O–H groups in total. The first-order chi connectivity index (χ1) is 10.6. The third kappa shape index (κ3) is 2.87. The van der Waals surface area contributed by atoms with Crippen LogP contribution in [-0.4, -0.2) is 11.7 Å². The van der Waals surface area contributed by atoms with Crippen molar-refractivity contribution in [2.45, 2.75) is 20.1 Å². The third-order valence-electron chi connectivity index (χ3n) is 3.46. The first kappa shape index (κ1) is 14.3. The second-order valence-corrected chi connectivity index (χ2v) is 5.02. The summed E-state index contributed by atoms with van der Waals surface area (Å²) >= 11 is 0. The highest BCUT2D eigenvalue weighted by atomic mass is 16.7. The van der Waals surface area contributed by atoms with Crippen LogP contribution < -0.4 is 9.47 Å². The van der Waals surface area contributed by atoms with Gasteiger partial charge in [0.1, 0.15) is 18.1 Å². The van der Waals surface area contributed by atoms with Crippen LogP contribution in [0.3, 0.4) is 0 Å². The smallest absolute Gasteiger partial charge is 0.270 e. The summed E-state index contributed by atoms with van der Waals surface area (Å²) in [5.41, 5.74) is 2.34. The predicted octanol–water partition coefficient (Wildman–Crippen LogP) is 3.35. The Morgan fingerprint density at radius 3 is 2.91 bits per heavy atom. The summed E-state index contributed by atoms with van der Waals surface area (Å²) < 4.78 is 16.4. The van der Waals surface area contributed by atoms with E-state index in [2.05, 4.69) is 0 Å². The molecule has 0 saturated carbocycles. The maximum atomic E-state index is 11.1. The molecule has 22 heavy (non-hydrogen) atoms. The molecule has 1 heterocycles. The Kier molecular flexibility index (Phi) is 3.93. The molecule has 0 aromatic heterocycles. The number of aryl methyl sites for hydroxylation is 1. The van der Waals surface area contributed by atoms with Gasteiger partial charge in [-0.3, -0.25) is 10.1 Å². The molecule has 0 unspecified atom stereocenters. The number of benzene rings is 2. The standard InChI is InChI=1S/C16H15NO5/c1-11-4-2-3-5-15(11)21-9-13-7-14(17(18)19)6-12-8-20-10-22-16(12)13/h2-7H,8-10H2,1H3. The minimum absolute atomic E-state index is 0.0104. The van der Waals surface area contributed by atoms with Crippen molar-refractivity contribution in [3.8, 4) is 11.5 Å². The van der Waals surface area contributed by atoms with Crippen LogP contribution in [-0.2, 0) is 18.0 Å². The van der Waals surface area contributed by atoms with Crippen LogP contribution in [0.5, 0.6) is 11.5 Å². The van der Waals surface area contributed by atoms with Gasteiger partial charge in [-0.15, -0.1) is 0 Å². The van der Waals surface area contributed by atoms with Gasteiger partial charge in [-0.05, 0) is 18.6 Å². The number of nitro groups is 1. The summed E-state index contributed by atoms with van der Waals surface area (Å²) in [5.74, 6) is 1.36. The number of rotatable bonds is 4. The fourth-order valence-electron chi connectivity index (χ4n) is 2.37. The zero-order valence-corrected chi connectivity index (χ0v) is 12.1. The maximum absolute atomic E-state index is 11.1. The van der Waals surface area contributed by atoms with Crippen LogP contribution in [0, 0.1) is 17.0 Å². The van der Waals surface area contributed by atoms with Crippen molar-refractivity contribution in [1.29, 1.82) is 0 Å². The van der Waals surface area contributed by atoms with E-state index in [0.29, 0.717) is 23.5 Å². The lowest BCUT2D eigenvalue weighted by atomic mass is 10.1. The zero-order valence-electron chi connectivity index (χ0n) is 12.1. The summed E-state index contributed by atoms with van der Waals surface area (Å²) in [4.78, 5) is 10.6. The van der Waals surface area contributed by atoms with Gasteiger partial charge in [-0.2, -0.15) is 0 Å². The number of nitrogens with zero attached hydrogens (tertiary/aromatic N) is 1. The van der Waals surface area contributed by atoms with Gasteiger partial charge in [0.05, 0.1) is 11.5 Å². The molecule has 0 fully saturated rings. The molecule has 2 aromatic rings. The summed E-state index contributed by atoms with van der Waals surface area (Å²) in [6, 6.07) is 10.6. The number of hydrogen-bond donors (Lipinski definition) is 0. The highest BCUT2D eigenvalue weighted by molar-refractivity contribution is 5.50. The third-order valence-corrected chi connectivity index (χ3v) is 3.46. The van der Waals surface area contributed by atoms with Crippen molar-refractivity contribution >= 4 is 5.69 Å². The van der Waals surface area contributed by atoms with E-state index in [-0.39, 0.29) is 19.1 Å². The van der Waals surface area contributed by atoms with Gasteiger partial charge in [-0.25, -0.2) is 0 Å². The van der Waals surface area contributed by atoms with Crippen LogP contribution >= 0.6 is 0 Å². The Labute approximate surface area is 127 Å². The topological polar surface area (TPSA) is 70.8 Å². The van der Waals surface area contributed by atoms with Gasteiger partial charge in [0.25, 0.3) is 5.69 Å². The van der Waals surface area contributed by atoms with Crippen molar-refractivity contribution in [2.75, 3.05) is 6.79 Å². The van der Waals surface area contributed by atoms with E-state index in [1.165, 1.54) is 12.1 Å². The lowest BCUT2D eigenvalue weighted by molar-refractivity contribution is -0.385. The quantitative estimate of drug-likeness (QED) is 0.639. The molecule has 0 amide bonds. The Morgan fingerprint density at radius 2 is 2.14 bits per heavy atom. The van der Waals surface area contributed by atoms with Crippen LogP contribution in [0.15, 0.2) is 36.4 Å². The number of nitro benzene ring substituents is 1. The molecule has 0 atom stereocenters. The van der Waals surface area contributed by atoms with E-state index >= 15 is 0 Å². The molecular weight excluding hydrogens is 286 g/mol. The summed E-state index contributed by atoms with van der Waals surface area (Å²) in [6.07, 6.45) is 0. The van der Waals surface area contributed by atoms with Gasteiger partial charge in [-0.1, -0.05) is 18.2 Å². The second-order valence-electron chi connectivity index (χ2n) is 5.02. The van der Waals surface area contributed by atoms with Gasteiger partial charge < -0.3 is 14.2 Å². The summed E-state index contributed by atoms with van der Waals surface area (Å²) in [6.45, 7) is 2.59. The molecule has 6 nitrogen and oxygen atoms in total. The fraction of sp³-hybridized carbons (Fsp3) is 0.250. The molecule has 1 aliphatic heterocycles. The normalized spacial score (nSPS) is 13.1. The second kappa shape index (κ2) is 6.03. The Balaban J connectivity index is 1.90. The van der Waals surface area contributed by atoms with E-state index in [1.807, 2.05) is 31.2 Å². The molecule has 114 valence electrons. The van der Waals surface area contributed by atoms with Gasteiger partial charge in [0.2, 0.25) is 0 Å². The highest BCUT2D eigenvalue weighted by Crippen LogP contribution is 2.33. The summed E-state index contributed by atoms with van der Waals surface area (Å²) in [7, 11) is 0. The molecule has 0 aliphatic carbocycles. The maximum Gasteiger partial charge on any atom is 0.270 e. The number of ether oxygens (including phenoxy) is 3. The average molecular weight is 301 g/mol. The van der Waals surface area contributed by atoms with E-state index < -0.39 is 4.92 Å². The largest absolute Gasteiger partial charge is 0.488 e. The molecule has 0 bridgehead atoms. The lowest BCUT2D eigenvalue weighted by Gasteiger charge is -2.20. The van der Waals surface area contributed by atoms with Crippen molar-refractivity contribution in [2.24, 2.45) is 0 Å². The van der Waals surface area contributed by atoms with Crippen molar-refractivity contribution in [3.63, 3.8) is 0 Å². The average Bonchev–Trinajstić information content (AvgIpc) is 2.53. The minimum atomic E-state index is -0.424. The molecule has 0 saturated heterocycles. The first-order valence-corrected chi connectivity index (χ1v) is 6.84. The van der Waals surface area contributed by atoms with Crippen LogP contribution in [0.2, 0.25) is 0 Å². The Hall–Kier alpha value is -2.60. The molecule has 6 heteroatoms. The van der Waals surface area contributed by atoms with Crippen LogP contribution in [0.1, 0.15) is 16.7 Å². The van der Waals surface area contributed by atoms with E-state index in [4.69, 9.17) is 14.2 Å². The van der Waals surface area contributed by atoms with Crippen molar-refractivity contribution in [3.05, 3.63) is 63.2 Å². The van der Waals surface area contributed by atoms with Crippen LogP contribution in [0.4, 0.5) is 5.69 Å². The Morgan fingerprint density at radius 1 is 1.32 bits per heavy atom. The van der Waals surface area contributed by atoms with Gasteiger partial charge in [0.15, 0.2) is 6.79 Å². The lowest BCUT2D eigenvalue weighted by Crippen LogP contribution is -2.14. The zero-order chi connectivity index (χ0) is 15.5. The first-order valence-electron chi connectivity index (χ1n) is 6.84. The number of non-ortho nitro benzene ring substituents is 1. The van der Waals surface area contributed by atoms with E-state index in [9.17, 15) is 10.1 Å². The Bertz CT molecular complexity index is 714. The molecular formula is C16H15NO5. The number of para-hydroxylation sites is 1. The minimum Gasteiger partial charge on any atom is -0.488 e. The molecule has 3 rings (SSSR count). The predicted molar refractivity (Wildman–Crippen MR) is 78.9 cm³/mol. The van der Waals surface area contributed by atoms with Gasteiger partial charge >= 0.3 is 0 Å². The van der Waals surface area contributed by atoms with Crippen molar-refractivity contribution in [1.82, 2.24) is 0 Å². The molecule has 2 aromatic carbocycles. The monoisotopic (exact) mass is 301 g/mol. The fourth-order valence-corrected chi connectivity index (χ4v) is 2.37. The number of fused-ring (bicyclic) bond motifs is 1. The van der Waals surface area contributed by atoms with E-state index in [1.54, 1.807) is 0 Å². The van der Waals surface area contributed by atoms with E-state index in [0.717, 1.165) is 11.3 Å². The summed E-state index contributed by atoms with van der Waals surface area (Å²) in [5, 5.41) is 11.1. The SMILES string of the molecule is Cc1ccccc1OCc1cc([N+](=O)[O-])cc2c1OCOC2. The molecule has 1 aliphatic rings. The highest BCUT2D eigenvalue weighted by Gasteiger charge is 2.21. The van der Waals surface area contributed by atoms with Crippen LogP contribution in [0.25, 0.3) is 0 Å². The molecule has 0 spiro atoms. The van der Waals surface area contributed by atoms with Gasteiger partial charge in [0, 0.05) is 23.3 Å². The molecule has 0 radical (unpaired) electrons.